The van der Waals surface area contributed by atoms with E-state index in [9.17, 15) is 14.0 Å². The Hall–Kier alpha value is -3.91. The number of para-hydroxylation sites is 2. The number of carbonyl (C=O) groups excluding carboxylic acids is 2. The number of hydrogen-bond donors (Lipinski definition) is 2. The molecule has 0 atom stereocenters. The molecule has 0 fully saturated rings. The molecule has 0 aliphatic rings. The van der Waals surface area contributed by atoms with Crippen LogP contribution in [0.1, 0.15) is 9.67 Å². The lowest BCUT2D eigenvalue weighted by Gasteiger charge is -2.11. The smallest absolute Gasteiger partial charge is 0.265 e. The van der Waals surface area contributed by atoms with Crippen molar-refractivity contribution in [3.8, 4) is 11.5 Å². The van der Waals surface area contributed by atoms with Crippen molar-refractivity contribution >= 4 is 44.6 Å². The van der Waals surface area contributed by atoms with Gasteiger partial charge in [-0.2, -0.15) is 0 Å². The Morgan fingerprint density at radius 2 is 1.62 bits per heavy atom. The highest BCUT2D eigenvalue weighted by atomic mass is 32.1. The quantitative estimate of drug-likeness (QED) is 0.400. The van der Waals surface area contributed by atoms with Crippen molar-refractivity contribution in [2.75, 3.05) is 24.4 Å². The summed E-state index contributed by atoms with van der Waals surface area (Å²) in [7, 11) is 1.53. The molecule has 2 amide bonds. The van der Waals surface area contributed by atoms with Crippen LogP contribution in [0.3, 0.4) is 0 Å². The molecular weight excluding hydrogens is 431 g/mol. The minimum absolute atomic E-state index is 0.204. The Kier molecular flexibility index (Phi) is 6.32. The van der Waals surface area contributed by atoms with E-state index in [4.69, 9.17) is 9.47 Å². The molecule has 162 valence electrons. The molecule has 32 heavy (non-hydrogen) atoms. The average Bonchev–Trinajstić information content (AvgIpc) is 3.24. The van der Waals surface area contributed by atoms with Crippen LogP contribution in [0.5, 0.6) is 11.5 Å². The highest BCUT2D eigenvalue weighted by Crippen LogP contribution is 2.29. The fraction of sp³-hybridized carbons (Fsp3) is 0.0833. The second-order valence-corrected chi connectivity index (χ2v) is 7.87. The Morgan fingerprint density at radius 3 is 2.38 bits per heavy atom. The summed E-state index contributed by atoms with van der Waals surface area (Å²) in [5, 5.41) is 5.92. The van der Waals surface area contributed by atoms with Gasteiger partial charge in [0.1, 0.15) is 5.82 Å². The number of amides is 2. The Labute approximate surface area is 187 Å². The van der Waals surface area contributed by atoms with Gasteiger partial charge in [-0.15, -0.1) is 11.3 Å². The number of hydrogen-bond acceptors (Lipinski definition) is 5. The number of nitrogens with one attached hydrogen (secondary N) is 2. The van der Waals surface area contributed by atoms with E-state index in [1.54, 1.807) is 60.7 Å². The Bertz CT molecular complexity index is 1290. The van der Waals surface area contributed by atoms with Gasteiger partial charge in [-0.3, -0.25) is 9.59 Å². The minimum Gasteiger partial charge on any atom is -0.493 e. The van der Waals surface area contributed by atoms with Gasteiger partial charge < -0.3 is 20.1 Å². The molecule has 0 radical (unpaired) electrons. The SMILES string of the molecule is COc1ccccc1OCC(=O)Nc1cccc(NC(=O)c2cc3c(F)cccc3s2)c1. The molecule has 3 aromatic carbocycles. The van der Waals surface area contributed by atoms with Gasteiger partial charge in [0.25, 0.3) is 11.8 Å². The summed E-state index contributed by atoms with van der Waals surface area (Å²) in [6, 6.07) is 20.1. The van der Waals surface area contributed by atoms with Gasteiger partial charge in [0.15, 0.2) is 18.1 Å². The highest BCUT2D eigenvalue weighted by molar-refractivity contribution is 7.20. The zero-order valence-corrected chi connectivity index (χ0v) is 17.9. The van der Waals surface area contributed by atoms with Crippen molar-refractivity contribution in [2.24, 2.45) is 0 Å². The molecule has 1 heterocycles. The van der Waals surface area contributed by atoms with Gasteiger partial charge in [-0.1, -0.05) is 24.3 Å². The Morgan fingerprint density at radius 1 is 0.906 bits per heavy atom. The van der Waals surface area contributed by atoms with E-state index < -0.39 is 0 Å². The van der Waals surface area contributed by atoms with Crippen LogP contribution in [0.25, 0.3) is 10.1 Å². The molecule has 0 saturated heterocycles. The normalized spacial score (nSPS) is 10.6. The van der Waals surface area contributed by atoms with E-state index >= 15 is 0 Å². The van der Waals surface area contributed by atoms with E-state index in [1.165, 1.54) is 30.6 Å². The first kappa shape index (κ1) is 21.3. The van der Waals surface area contributed by atoms with Gasteiger partial charge in [0.05, 0.1) is 12.0 Å². The fourth-order valence-corrected chi connectivity index (χ4v) is 4.05. The molecule has 0 bridgehead atoms. The van der Waals surface area contributed by atoms with Gasteiger partial charge in [-0.05, 0) is 48.5 Å². The number of fused-ring (bicyclic) bond motifs is 1. The molecule has 0 saturated carbocycles. The standard InChI is InChI=1S/C24H19FN2O4S/c1-30-19-9-2-3-10-20(19)31-14-23(28)26-15-6-4-7-16(12-15)27-24(29)22-13-17-18(25)8-5-11-21(17)32-22/h2-13H,14H2,1H3,(H,26,28)(H,27,29). The maximum atomic E-state index is 13.9. The highest BCUT2D eigenvalue weighted by Gasteiger charge is 2.13. The van der Waals surface area contributed by atoms with E-state index in [-0.39, 0.29) is 24.2 Å². The number of rotatable bonds is 7. The molecular formula is C24H19FN2O4S. The number of thiophene rings is 1. The fourth-order valence-electron chi connectivity index (χ4n) is 3.08. The lowest BCUT2D eigenvalue weighted by Crippen LogP contribution is -2.20. The first-order valence-electron chi connectivity index (χ1n) is 9.68. The molecule has 2 N–H and O–H groups in total. The molecule has 4 rings (SSSR count). The maximum Gasteiger partial charge on any atom is 0.265 e. The molecule has 0 aliphatic carbocycles. The van der Waals surface area contributed by atoms with Gasteiger partial charge in [0, 0.05) is 21.5 Å². The van der Waals surface area contributed by atoms with Crippen molar-refractivity contribution in [1.82, 2.24) is 0 Å². The zero-order chi connectivity index (χ0) is 22.5. The molecule has 0 aliphatic heterocycles. The van der Waals surface area contributed by atoms with E-state index in [2.05, 4.69) is 10.6 Å². The topological polar surface area (TPSA) is 76.7 Å². The molecule has 0 spiro atoms. The lowest BCUT2D eigenvalue weighted by molar-refractivity contribution is -0.118. The van der Waals surface area contributed by atoms with E-state index in [0.29, 0.717) is 37.8 Å². The summed E-state index contributed by atoms with van der Waals surface area (Å²) in [6.45, 7) is -0.204. The number of ether oxygens (including phenoxy) is 2. The number of anilines is 2. The third kappa shape index (κ3) is 4.87. The van der Waals surface area contributed by atoms with E-state index in [1.807, 2.05) is 0 Å². The number of halogens is 1. The molecule has 1 aromatic heterocycles. The maximum absolute atomic E-state index is 13.9. The second kappa shape index (κ2) is 9.49. The monoisotopic (exact) mass is 450 g/mol. The minimum atomic E-state index is -0.363. The van der Waals surface area contributed by atoms with Crippen LogP contribution in [-0.4, -0.2) is 25.5 Å². The van der Waals surface area contributed by atoms with Crippen molar-refractivity contribution in [1.29, 1.82) is 0 Å². The molecule has 8 heteroatoms. The van der Waals surface area contributed by atoms with Crippen LogP contribution in [0.2, 0.25) is 0 Å². The zero-order valence-electron chi connectivity index (χ0n) is 17.1. The third-order valence-electron chi connectivity index (χ3n) is 4.56. The lowest BCUT2D eigenvalue weighted by atomic mass is 10.2. The second-order valence-electron chi connectivity index (χ2n) is 6.78. The Balaban J connectivity index is 1.39. The summed E-state index contributed by atoms with van der Waals surface area (Å²) >= 11 is 1.21. The summed E-state index contributed by atoms with van der Waals surface area (Å²) < 4.78 is 25.3. The summed E-state index contributed by atoms with van der Waals surface area (Å²) in [5.74, 6) is -0.0807. The molecule has 4 aromatic rings. The van der Waals surface area contributed by atoms with Crippen LogP contribution >= 0.6 is 11.3 Å². The average molecular weight is 450 g/mol. The van der Waals surface area contributed by atoms with Gasteiger partial charge in [0.2, 0.25) is 0 Å². The molecule has 0 unspecified atom stereocenters. The van der Waals surface area contributed by atoms with Crippen LogP contribution in [0.4, 0.5) is 15.8 Å². The predicted molar refractivity (Wildman–Crippen MR) is 123 cm³/mol. The number of methoxy groups -OCH3 is 1. The van der Waals surface area contributed by atoms with Crippen LogP contribution < -0.4 is 20.1 Å². The largest absolute Gasteiger partial charge is 0.493 e. The first-order valence-corrected chi connectivity index (χ1v) is 10.5. The van der Waals surface area contributed by atoms with Crippen LogP contribution in [-0.2, 0) is 4.79 Å². The van der Waals surface area contributed by atoms with Crippen molar-refractivity contribution in [3.63, 3.8) is 0 Å². The predicted octanol–water partition coefficient (Wildman–Crippen LogP) is 5.32. The number of benzene rings is 3. The summed E-state index contributed by atoms with van der Waals surface area (Å²) in [4.78, 5) is 25.3. The summed E-state index contributed by atoms with van der Waals surface area (Å²) in [6.07, 6.45) is 0. The van der Waals surface area contributed by atoms with Crippen LogP contribution in [0.15, 0.2) is 72.8 Å². The van der Waals surface area contributed by atoms with Crippen LogP contribution in [0, 0.1) is 5.82 Å². The first-order chi connectivity index (χ1) is 15.5. The van der Waals surface area contributed by atoms with Crippen molar-refractivity contribution in [3.05, 3.63) is 83.5 Å². The molecule has 6 nitrogen and oxygen atoms in total. The van der Waals surface area contributed by atoms with Gasteiger partial charge in [-0.25, -0.2) is 4.39 Å². The van der Waals surface area contributed by atoms with Crippen molar-refractivity contribution in [2.45, 2.75) is 0 Å². The summed E-state index contributed by atoms with van der Waals surface area (Å²) in [5.41, 5.74) is 0.996. The van der Waals surface area contributed by atoms with Gasteiger partial charge >= 0.3 is 0 Å². The van der Waals surface area contributed by atoms with E-state index in [0.717, 1.165) is 0 Å². The third-order valence-corrected chi connectivity index (χ3v) is 5.66. The number of carbonyl (C=O) groups is 2. The van der Waals surface area contributed by atoms with Crippen molar-refractivity contribution < 1.29 is 23.5 Å².